The Hall–Kier alpha value is -3.74. The van der Waals surface area contributed by atoms with Gasteiger partial charge in [0.15, 0.2) is 23.0 Å². The van der Waals surface area contributed by atoms with E-state index in [0.29, 0.717) is 48.3 Å². The van der Waals surface area contributed by atoms with Gasteiger partial charge >= 0.3 is 0 Å². The van der Waals surface area contributed by atoms with Crippen molar-refractivity contribution < 1.29 is 28.2 Å². The maximum Gasteiger partial charge on any atom is 0.287 e. The summed E-state index contributed by atoms with van der Waals surface area (Å²) in [5.41, 5.74) is 1.50. The minimum atomic E-state index is -0.325. The molecule has 0 aliphatic carbocycles. The molecule has 3 aromatic rings. The lowest BCUT2D eigenvalue weighted by Crippen LogP contribution is -2.22. The molecule has 0 radical (unpaired) electrons. The molecule has 1 heterocycles. The molecule has 0 atom stereocenters. The number of furan rings is 1. The van der Waals surface area contributed by atoms with E-state index in [1.165, 1.54) is 6.92 Å². The summed E-state index contributed by atoms with van der Waals surface area (Å²) in [6.45, 7) is 6.89. The highest BCUT2D eigenvalue weighted by atomic mass is 16.5. The highest BCUT2D eigenvalue weighted by Crippen LogP contribution is 2.28. The number of carbonyl (C=O) groups is 2. The Morgan fingerprint density at radius 3 is 2.28 bits per heavy atom. The van der Waals surface area contributed by atoms with E-state index >= 15 is 0 Å². The van der Waals surface area contributed by atoms with Crippen LogP contribution in [0.1, 0.15) is 53.0 Å². The van der Waals surface area contributed by atoms with Crippen molar-refractivity contribution in [3.8, 4) is 17.2 Å². The van der Waals surface area contributed by atoms with Crippen LogP contribution in [0.3, 0.4) is 0 Å². The number of nitrogens with one attached hydrogen (secondary N) is 1. The molecule has 32 heavy (non-hydrogen) atoms. The average molecular weight is 437 g/mol. The van der Waals surface area contributed by atoms with Crippen LogP contribution in [0, 0.1) is 0 Å². The van der Waals surface area contributed by atoms with E-state index in [1.807, 2.05) is 32.0 Å². The number of hydrogen-bond donors (Lipinski definition) is 1. The Morgan fingerprint density at radius 1 is 0.875 bits per heavy atom. The van der Waals surface area contributed by atoms with Gasteiger partial charge in [-0.3, -0.25) is 9.59 Å². The number of benzene rings is 2. The third kappa shape index (κ3) is 6.14. The summed E-state index contributed by atoms with van der Waals surface area (Å²) in [5.74, 6) is 2.33. The number of carbonyl (C=O) groups excluding carboxylic acids is 2. The second-order valence-corrected chi connectivity index (χ2v) is 6.96. The summed E-state index contributed by atoms with van der Waals surface area (Å²) < 4.78 is 22.4. The first-order valence-corrected chi connectivity index (χ1v) is 10.5. The average Bonchev–Trinajstić information content (AvgIpc) is 3.27. The first-order valence-electron chi connectivity index (χ1n) is 10.5. The highest BCUT2D eigenvalue weighted by Gasteiger charge is 2.13. The van der Waals surface area contributed by atoms with Crippen molar-refractivity contribution in [3.63, 3.8) is 0 Å². The van der Waals surface area contributed by atoms with Crippen LogP contribution in [-0.2, 0) is 13.2 Å². The predicted octanol–water partition coefficient (Wildman–Crippen LogP) is 4.79. The number of ether oxygens (including phenoxy) is 3. The molecule has 1 amide bonds. The van der Waals surface area contributed by atoms with Crippen molar-refractivity contribution in [1.82, 2.24) is 5.32 Å². The summed E-state index contributed by atoms with van der Waals surface area (Å²) in [6, 6.07) is 15.7. The molecule has 0 bridgehead atoms. The molecule has 0 aliphatic rings. The molecule has 0 spiro atoms. The summed E-state index contributed by atoms with van der Waals surface area (Å²) in [7, 11) is 0. The third-order valence-electron chi connectivity index (χ3n) is 4.59. The van der Waals surface area contributed by atoms with Gasteiger partial charge in [0.05, 0.1) is 13.2 Å². The van der Waals surface area contributed by atoms with Gasteiger partial charge < -0.3 is 23.9 Å². The topological polar surface area (TPSA) is 87.0 Å². The molecule has 168 valence electrons. The van der Waals surface area contributed by atoms with Crippen molar-refractivity contribution in [3.05, 3.63) is 77.2 Å². The zero-order valence-corrected chi connectivity index (χ0v) is 18.5. The van der Waals surface area contributed by atoms with Gasteiger partial charge in [-0.05, 0) is 74.9 Å². The molecule has 0 fully saturated rings. The fraction of sp³-hybridized carbons (Fsp3) is 0.280. The Labute approximate surface area is 187 Å². The molecule has 0 aliphatic heterocycles. The van der Waals surface area contributed by atoms with E-state index in [-0.39, 0.29) is 24.1 Å². The van der Waals surface area contributed by atoms with Gasteiger partial charge in [0.2, 0.25) is 0 Å². The number of Topliss-reactive ketones (excluding diaryl/α,β-unsaturated/α-hetero) is 1. The monoisotopic (exact) mass is 437 g/mol. The molecule has 7 heteroatoms. The summed E-state index contributed by atoms with van der Waals surface area (Å²) in [5, 5.41) is 2.84. The largest absolute Gasteiger partial charge is 0.490 e. The van der Waals surface area contributed by atoms with Crippen LogP contribution in [-0.4, -0.2) is 24.9 Å². The van der Waals surface area contributed by atoms with Crippen LogP contribution in [0.2, 0.25) is 0 Å². The van der Waals surface area contributed by atoms with Crippen LogP contribution < -0.4 is 19.5 Å². The number of hydrogen-bond acceptors (Lipinski definition) is 6. The van der Waals surface area contributed by atoms with Crippen LogP contribution in [0.25, 0.3) is 0 Å². The SMILES string of the molecule is CCOc1ccc(CNC(=O)c2ccc(COc3ccc(C(C)=O)cc3)o2)cc1OCC. The number of amides is 1. The van der Waals surface area contributed by atoms with E-state index in [2.05, 4.69) is 5.32 Å². The maximum absolute atomic E-state index is 12.5. The van der Waals surface area contributed by atoms with E-state index in [9.17, 15) is 9.59 Å². The third-order valence-corrected chi connectivity index (χ3v) is 4.59. The quantitative estimate of drug-likeness (QED) is 0.434. The zero-order chi connectivity index (χ0) is 22.9. The molecule has 1 aromatic heterocycles. The minimum absolute atomic E-state index is 0.00223. The van der Waals surface area contributed by atoms with Gasteiger partial charge in [-0.1, -0.05) is 6.07 Å². The molecule has 0 unspecified atom stereocenters. The predicted molar refractivity (Wildman–Crippen MR) is 119 cm³/mol. The van der Waals surface area contributed by atoms with E-state index in [0.717, 1.165) is 5.56 Å². The molecular formula is C25H27NO6. The van der Waals surface area contributed by atoms with Gasteiger partial charge in [0, 0.05) is 12.1 Å². The molecule has 0 saturated carbocycles. The first-order chi connectivity index (χ1) is 15.5. The second kappa shape index (κ2) is 11.0. The van der Waals surface area contributed by atoms with Crippen molar-refractivity contribution >= 4 is 11.7 Å². The van der Waals surface area contributed by atoms with Crippen LogP contribution in [0.15, 0.2) is 59.0 Å². The molecule has 2 aromatic carbocycles. The zero-order valence-electron chi connectivity index (χ0n) is 18.5. The summed E-state index contributed by atoms with van der Waals surface area (Å²) >= 11 is 0. The van der Waals surface area contributed by atoms with Gasteiger partial charge in [-0.2, -0.15) is 0 Å². The Bertz CT molecular complexity index is 1050. The Balaban J connectivity index is 1.54. The molecule has 0 saturated heterocycles. The summed E-state index contributed by atoms with van der Waals surface area (Å²) in [4.78, 5) is 23.8. The normalized spacial score (nSPS) is 10.5. The lowest BCUT2D eigenvalue weighted by atomic mass is 10.1. The Kier molecular flexibility index (Phi) is 7.91. The molecular weight excluding hydrogens is 410 g/mol. The summed E-state index contributed by atoms with van der Waals surface area (Å²) in [6.07, 6.45) is 0. The lowest BCUT2D eigenvalue weighted by Gasteiger charge is -2.12. The first kappa shape index (κ1) is 22.9. The number of rotatable bonds is 11. The van der Waals surface area contributed by atoms with Crippen molar-refractivity contribution in [2.24, 2.45) is 0 Å². The van der Waals surface area contributed by atoms with Gasteiger partial charge in [0.25, 0.3) is 5.91 Å². The van der Waals surface area contributed by atoms with Crippen molar-refractivity contribution in [2.45, 2.75) is 33.9 Å². The maximum atomic E-state index is 12.5. The lowest BCUT2D eigenvalue weighted by molar-refractivity contribution is 0.0918. The fourth-order valence-electron chi connectivity index (χ4n) is 2.99. The molecule has 7 nitrogen and oxygen atoms in total. The van der Waals surface area contributed by atoms with Crippen LogP contribution >= 0.6 is 0 Å². The molecule has 1 N–H and O–H groups in total. The van der Waals surface area contributed by atoms with Gasteiger partial charge in [-0.15, -0.1) is 0 Å². The van der Waals surface area contributed by atoms with Crippen LogP contribution in [0.4, 0.5) is 0 Å². The molecule has 3 rings (SSSR count). The highest BCUT2D eigenvalue weighted by molar-refractivity contribution is 5.94. The second-order valence-electron chi connectivity index (χ2n) is 6.96. The standard InChI is InChI=1S/C25H27NO6/c1-4-29-22-12-6-18(14-24(22)30-5-2)15-26-25(28)23-13-11-21(32-23)16-31-20-9-7-19(8-10-20)17(3)27/h6-14H,4-5,15-16H2,1-3H3,(H,26,28). The van der Waals surface area contributed by atoms with Crippen LogP contribution in [0.5, 0.6) is 17.2 Å². The van der Waals surface area contributed by atoms with E-state index in [1.54, 1.807) is 36.4 Å². The van der Waals surface area contributed by atoms with Gasteiger partial charge in [-0.25, -0.2) is 0 Å². The van der Waals surface area contributed by atoms with Crippen molar-refractivity contribution in [1.29, 1.82) is 0 Å². The number of ketones is 1. The van der Waals surface area contributed by atoms with E-state index in [4.69, 9.17) is 18.6 Å². The fourth-order valence-corrected chi connectivity index (χ4v) is 2.99. The minimum Gasteiger partial charge on any atom is -0.490 e. The van der Waals surface area contributed by atoms with E-state index < -0.39 is 0 Å². The van der Waals surface area contributed by atoms with Gasteiger partial charge in [0.1, 0.15) is 18.1 Å². The Morgan fingerprint density at radius 2 is 1.59 bits per heavy atom. The smallest absolute Gasteiger partial charge is 0.287 e. The van der Waals surface area contributed by atoms with Crippen molar-refractivity contribution in [2.75, 3.05) is 13.2 Å².